The maximum Gasteiger partial charge on any atom is 0.159 e. The van der Waals surface area contributed by atoms with Gasteiger partial charge in [-0.3, -0.25) is 0 Å². The van der Waals surface area contributed by atoms with E-state index in [1.54, 1.807) is 0 Å². The highest BCUT2D eigenvalue weighted by molar-refractivity contribution is 5.71. The molecule has 3 rings (SSSR count). The predicted octanol–water partition coefficient (Wildman–Crippen LogP) is 1.44. The van der Waals surface area contributed by atoms with Crippen molar-refractivity contribution in [2.75, 3.05) is 13.1 Å². The minimum Gasteiger partial charge on any atom is -0.318 e. The van der Waals surface area contributed by atoms with Crippen LogP contribution < -0.4 is 5.32 Å². The van der Waals surface area contributed by atoms with Crippen LogP contribution in [-0.4, -0.2) is 27.6 Å². The lowest BCUT2D eigenvalue weighted by Crippen LogP contribution is -2.26. The third-order valence-electron chi connectivity index (χ3n) is 3.38. The van der Waals surface area contributed by atoms with Crippen LogP contribution in [0.25, 0.3) is 11.2 Å². The van der Waals surface area contributed by atoms with Gasteiger partial charge >= 0.3 is 0 Å². The Morgan fingerprint density at radius 2 is 2.12 bits per heavy atom. The molecule has 0 saturated carbocycles. The van der Waals surface area contributed by atoms with Crippen LogP contribution in [-0.2, 0) is 7.05 Å². The van der Waals surface area contributed by atoms with Crippen LogP contribution in [0, 0.1) is 0 Å². The quantitative estimate of drug-likeness (QED) is 0.784. The van der Waals surface area contributed by atoms with Crippen LogP contribution in [0.15, 0.2) is 18.6 Å². The molecule has 0 aromatic carbocycles. The first kappa shape index (κ1) is 9.78. The second-order valence-electron chi connectivity index (χ2n) is 4.49. The monoisotopic (exact) mass is 216 g/mol. The average molecular weight is 216 g/mol. The van der Waals surface area contributed by atoms with E-state index < -0.39 is 0 Å². The largest absolute Gasteiger partial charge is 0.318 e. The first-order valence-electron chi connectivity index (χ1n) is 5.82. The van der Waals surface area contributed by atoms with E-state index in [9.17, 15) is 0 Å². The molecule has 16 heavy (non-hydrogen) atoms. The van der Waals surface area contributed by atoms with Crippen molar-refractivity contribution in [3.05, 3.63) is 24.2 Å². The van der Waals surface area contributed by atoms with Crippen molar-refractivity contribution in [3.8, 4) is 0 Å². The highest BCUT2D eigenvalue weighted by atomic mass is 15.1. The predicted molar refractivity (Wildman–Crippen MR) is 63.4 cm³/mol. The molecular weight excluding hydrogens is 200 g/mol. The van der Waals surface area contributed by atoms with Crippen molar-refractivity contribution in [3.63, 3.8) is 0 Å². The van der Waals surface area contributed by atoms with Gasteiger partial charge in [0, 0.05) is 13.2 Å². The third kappa shape index (κ3) is 1.59. The summed E-state index contributed by atoms with van der Waals surface area (Å²) in [6, 6.07) is 2.19. The van der Waals surface area contributed by atoms with Crippen LogP contribution >= 0.6 is 0 Å². The summed E-state index contributed by atoms with van der Waals surface area (Å²) in [5.41, 5.74) is 3.32. The first-order valence-corrected chi connectivity index (χ1v) is 5.82. The van der Waals surface area contributed by atoms with Crippen LogP contribution in [0.5, 0.6) is 0 Å². The molecular formula is C12H16N4. The molecule has 84 valence electrons. The number of hydrogen-bond donors (Lipinski definition) is 1. The van der Waals surface area contributed by atoms with Gasteiger partial charge in [0.1, 0.15) is 5.52 Å². The number of imidazole rings is 1. The minimum absolute atomic E-state index is 0.653. The molecule has 0 bridgehead atoms. The molecule has 1 N–H and O–H groups in total. The Morgan fingerprint density at radius 1 is 1.31 bits per heavy atom. The van der Waals surface area contributed by atoms with Crippen molar-refractivity contribution in [2.24, 2.45) is 7.05 Å². The summed E-state index contributed by atoms with van der Waals surface area (Å²) < 4.78 is 1.96. The molecule has 3 heterocycles. The SMILES string of the molecule is Cn1cnc2cc(C3CCNCC3)cnc21. The van der Waals surface area contributed by atoms with E-state index in [1.807, 2.05) is 24.1 Å². The minimum atomic E-state index is 0.653. The maximum atomic E-state index is 4.50. The first-order chi connectivity index (χ1) is 7.84. The molecule has 1 saturated heterocycles. The van der Waals surface area contributed by atoms with Gasteiger partial charge < -0.3 is 9.88 Å². The lowest BCUT2D eigenvalue weighted by Gasteiger charge is -2.22. The van der Waals surface area contributed by atoms with Gasteiger partial charge in [0.2, 0.25) is 0 Å². The molecule has 1 aliphatic rings. The number of nitrogens with zero attached hydrogens (tertiary/aromatic N) is 3. The molecule has 0 spiro atoms. The number of pyridine rings is 1. The van der Waals surface area contributed by atoms with Gasteiger partial charge in [0.15, 0.2) is 5.65 Å². The molecule has 0 aliphatic carbocycles. The Morgan fingerprint density at radius 3 is 2.94 bits per heavy atom. The Labute approximate surface area is 94.7 Å². The number of fused-ring (bicyclic) bond motifs is 1. The Bertz CT molecular complexity index is 497. The molecule has 2 aromatic rings. The van der Waals surface area contributed by atoms with E-state index in [1.165, 1.54) is 18.4 Å². The fourth-order valence-electron chi connectivity index (χ4n) is 2.41. The molecule has 0 amide bonds. The van der Waals surface area contributed by atoms with Gasteiger partial charge in [-0.1, -0.05) is 0 Å². The molecule has 0 atom stereocenters. The zero-order valence-electron chi connectivity index (χ0n) is 9.48. The second kappa shape index (κ2) is 3.87. The molecule has 4 heteroatoms. The normalized spacial score (nSPS) is 18.1. The van der Waals surface area contributed by atoms with Crippen molar-refractivity contribution in [1.29, 1.82) is 0 Å². The van der Waals surface area contributed by atoms with E-state index >= 15 is 0 Å². The number of aromatic nitrogens is 3. The smallest absolute Gasteiger partial charge is 0.159 e. The number of nitrogens with one attached hydrogen (secondary N) is 1. The van der Waals surface area contributed by atoms with Crippen LogP contribution in [0.3, 0.4) is 0 Å². The fraction of sp³-hybridized carbons (Fsp3) is 0.500. The summed E-state index contributed by atoms with van der Waals surface area (Å²) >= 11 is 0. The zero-order chi connectivity index (χ0) is 11.0. The van der Waals surface area contributed by atoms with Gasteiger partial charge in [0.25, 0.3) is 0 Å². The summed E-state index contributed by atoms with van der Waals surface area (Å²) in [4.78, 5) is 8.85. The van der Waals surface area contributed by atoms with Gasteiger partial charge in [-0.05, 0) is 43.5 Å². The number of aryl methyl sites for hydroxylation is 1. The standard InChI is InChI=1S/C12H16N4/c1-16-8-15-11-6-10(7-14-12(11)16)9-2-4-13-5-3-9/h6-9,13H,2-5H2,1H3. The fourth-order valence-corrected chi connectivity index (χ4v) is 2.41. The lowest BCUT2D eigenvalue weighted by molar-refractivity contribution is 0.460. The number of rotatable bonds is 1. The summed E-state index contributed by atoms with van der Waals surface area (Å²) in [6.07, 6.45) is 6.25. The van der Waals surface area contributed by atoms with Gasteiger partial charge in [-0.25, -0.2) is 9.97 Å². The van der Waals surface area contributed by atoms with Crippen LogP contribution in [0.1, 0.15) is 24.3 Å². The molecule has 1 fully saturated rings. The maximum absolute atomic E-state index is 4.50. The molecule has 1 aliphatic heterocycles. The lowest BCUT2D eigenvalue weighted by atomic mass is 9.91. The van der Waals surface area contributed by atoms with Crippen molar-refractivity contribution in [2.45, 2.75) is 18.8 Å². The van der Waals surface area contributed by atoms with Crippen molar-refractivity contribution >= 4 is 11.2 Å². The highest BCUT2D eigenvalue weighted by Crippen LogP contribution is 2.26. The summed E-state index contributed by atoms with van der Waals surface area (Å²) in [5, 5.41) is 3.39. The highest BCUT2D eigenvalue weighted by Gasteiger charge is 2.16. The molecule has 4 nitrogen and oxygen atoms in total. The average Bonchev–Trinajstić information content (AvgIpc) is 2.72. The Kier molecular flexibility index (Phi) is 2.36. The van der Waals surface area contributed by atoms with Gasteiger partial charge in [-0.2, -0.15) is 0 Å². The number of hydrogen-bond acceptors (Lipinski definition) is 3. The van der Waals surface area contributed by atoms with E-state index in [0.717, 1.165) is 24.3 Å². The molecule has 0 unspecified atom stereocenters. The summed E-state index contributed by atoms with van der Waals surface area (Å²) in [7, 11) is 1.98. The van der Waals surface area contributed by atoms with Crippen molar-refractivity contribution in [1.82, 2.24) is 19.9 Å². The topological polar surface area (TPSA) is 42.7 Å². The van der Waals surface area contributed by atoms with Crippen LogP contribution in [0.4, 0.5) is 0 Å². The Balaban J connectivity index is 1.97. The summed E-state index contributed by atoms with van der Waals surface area (Å²) in [6.45, 7) is 2.23. The van der Waals surface area contributed by atoms with E-state index in [-0.39, 0.29) is 0 Å². The summed E-state index contributed by atoms with van der Waals surface area (Å²) in [5.74, 6) is 0.653. The molecule has 0 radical (unpaired) electrons. The zero-order valence-corrected chi connectivity index (χ0v) is 9.48. The number of piperidine rings is 1. The van der Waals surface area contributed by atoms with E-state index in [2.05, 4.69) is 21.4 Å². The van der Waals surface area contributed by atoms with E-state index in [4.69, 9.17) is 0 Å². The van der Waals surface area contributed by atoms with Crippen LogP contribution in [0.2, 0.25) is 0 Å². The Hall–Kier alpha value is -1.42. The third-order valence-corrected chi connectivity index (χ3v) is 3.38. The second-order valence-corrected chi connectivity index (χ2v) is 4.49. The van der Waals surface area contributed by atoms with Crippen molar-refractivity contribution < 1.29 is 0 Å². The van der Waals surface area contributed by atoms with E-state index in [0.29, 0.717) is 5.92 Å². The van der Waals surface area contributed by atoms with Gasteiger partial charge in [0.05, 0.1) is 6.33 Å². The molecule has 2 aromatic heterocycles. The van der Waals surface area contributed by atoms with Gasteiger partial charge in [-0.15, -0.1) is 0 Å².